The Morgan fingerprint density at radius 2 is 1.68 bits per heavy atom. The number of aromatic nitrogens is 2. The van der Waals surface area contributed by atoms with Gasteiger partial charge in [0.25, 0.3) is 0 Å². The quantitative estimate of drug-likeness (QED) is 0.206. The summed E-state index contributed by atoms with van der Waals surface area (Å²) in [5, 5.41) is 3.11. The van der Waals surface area contributed by atoms with Gasteiger partial charge >= 0.3 is 0 Å². The summed E-state index contributed by atoms with van der Waals surface area (Å²) in [5.74, 6) is 1.74. The number of hydrogen-bond donors (Lipinski definition) is 1. The van der Waals surface area contributed by atoms with Crippen LogP contribution < -0.4 is 10.1 Å². The van der Waals surface area contributed by atoms with Gasteiger partial charge in [0.15, 0.2) is 0 Å². The molecule has 6 rings (SSSR count). The first-order valence-electron chi connectivity index (χ1n) is 13.6. The summed E-state index contributed by atoms with van der Waals surface area (Å²) in [6.07, 6.45) is 1.85. The molecule has 0 aliphatic carbocycles. The second-order valence-corrected chi connectivity index (χ2v) is 11.1. The van der Waals surface area contributed by atoms with Gasteiger partial charge in [-0.25, -0.2) is 4.98 Å². The van der Waals surface area contributed by atoms with Crippen LogP contribution in [0.25, 0.3) is 16.7 Å². The lowest BCUT2D eigenvalue weighted by Gasteiger charge is -2.31. The molecule has 0 bridgehead atoms. The minimum absolute atomic E-state index is 0.0593. The number of anilines is 1. The maximum Gasteiger partial charge on any atom is 0.228 e. The Morgan fingerprint density at radius 3 is 2.48 bits per heavy atom. The average molecular weight is 596 g/mol. The summed E-state index contributed by atoms with van der Waals surface area (Å²) < 4.78 is 9.15. The fraction of sp³-hybridized carbons (Fsp3) is 0.212. The van der Waals surface area contributed by atoms with Crippen LogP contribution in [0, 0.1) is 5.92 Å². The fourth-order valence-corrected chi connectivity index (χ4v) is 5.56. The minimum atomic E-state index is -0.0757. The molecule has 1 N–H and O–H groups in total. The van der Waals surface area contributed by atoms with E-state index >= 15 is 0 Å². The molecule has 0 saturated carbocycles. The highest BCUT2D eigenvalue weighted by molar-refractivity contribution is 9.10. The first-order chi connectivity index (χ1) is 19.6. The highest BCUT2D eigenvalue weighted by atomic mass is 79.9. The Balaban J connectivity index is 1.10. The van der Waals surface area contributed by atoms with Crippen LogP contribution in [0.3, 0.4) is 0 Å². The molecule has 0 spiro atoms. The Morgan fingerprint density at radius 1 is 0.925 bits per heavy atom. The van der Waals surface area contributed by atoms with Gasteiger partial charge in [-0.2, -0.15) is 0 Å². The molecule has 6 nitrogen and oxygen atoms in total. The first-order valence-corrected chi connectivity index (χ1v) is 14.4. The van der Waals surface area contributed by atoms with E-state index in [9.17, 15) is 4.79 Å². The van der Waals surface area contributed by atoms with E-state index in [0.29, 0.717) is 19.7 Å². The number of likely N-dealkylation sites (tertiary alicyclic amines) is 1. The number of carbonyl (C=O) groups is 1. The SMILES string of the molecule is O=C(Nc1ccc(OCc2ccccc2)cc1)[C@H]1CCCN(Cc2nc3ccccc3n2-c2ccc(Br)cc2)C1. The summed E-state index contributed by atoms with van der Waals surface area (Å²) in [7, 11) is 0. The highest BCUT2D eigenvalue weighted by Gasteiger charge is 2.27. The summed E-state index contributed by atoms with van der Waals surface area (Å²) in [6.45, 7) is 2.84. The molecule has 1 atom stereocenters. The molecule has 40 heavy (non-hydrogen) atoms. The molecule has 4 aromatic carbocycles. The minimum Gasteiger partial charge on any atom is -0.489 e. The number of nitrogens with one attached hydrogen (secondary N) is 1. The largest absolute Gasteiger partial charge is 0.489 e. The second-order valence-electron chi connectivity index (χ2n) is 10.2. The lowest BCUT2D eigenvalue weighted by Crippen LogP contribution is -2.40. The lowest BCUT2D eigenvalue weighted by molar-refractivity contribution is -0.121. The molecular weight excluding hydrogens is 564 g/mol. The number of fused-ring (bicyclic) bond motifs is 1. The number of ether oxygens (including phenoxy) is 1. The van der Waals surface area contributed by atoms with Gasteiger partial charge in [0, 0.05) is 22.4 Å². The van der Waals surface area contributed by atoms with Crippen LogP contribution in [0.5, 0.6) is 5.75 Å². The van der Waals surface area contributed by atoms with E-state index in [1.807, 2.05) is 66.7 Å². The van der Waals surface area contributed by atoms with Crippen molar-refractivity contribution in [1.82, 2.24) is 14.5 Å². The zero-order valence-corrected chi connectivity index (χ0v) is 23.8. The zero-order valence-electron chi connectivity index (χ0n) is 22.2. The molecule has 5 aromatic rings. The third-order valence-corrected chi connectivity index (χ3v) is 7.86. The summed E-state index contributed by atoms with van der Waals surface area (Å²) in [6, 6.07) is 34.2. The van der Waals surface area contributed by atoms with E-state index < -0.39 is 0 Å². The van der Waals surface area contributed by atoms with Gasteiger partial charge in [-0.3, -0.25) is 14.3 Å². The van der Waals surface area contributed by atoms with E-state index in [2.05, 4.69) is 67.1 Å². The predicted octanol–water partition coefficient (Wildman–Crippen LogP) is 7.22. The van der Waals surface area contributed by atoms with Crippen LogP contribution in [0.15, 0.2) is 108 Å². The van der Waals surface area contributed by atoms with E-state index in [-0.39, 0.29) is 11.8 Å². The van der Waals surface area contributed by atoms with E-state index in [4.69, 9.17) is 9.72 Å². The molecule has 1 fully saturated rings. The van der Waals surface area contributed by atoms with Crippen molar-refractivity contribution >= 4 is 38.6 Å². The van der Waals surface area contributed by atoms with E-state index in [0.717, 1.165) is 63.4 Å². The van der Waals surface area contributed by atoms with Crippen molar-refractivity contribution in [1.29, 1.82) is 0 Å². The van der Waals surface area contributed by atoms with Crippen molar-refractivity contribution in [3.8, 4) is 11.4 Å². The Labute approximate surface area is 242 Å². The summed E-state index contributed by atoms with van der Waals surface area (Å²) in [5.41, 5.74) is 5.04. The van der Waals surface area contributed by atoms with Gasteiger partial charge in [0.2, 0.25) is 5.91 Å². The van der Waals surface area contributed by atoms with Gasteiger partial charge in [0.05, 0.1) is 23.5 Å². The molecule has 0 radical (unpaired) electrons. The lowest BCUT2D eigenvalue weighted by atomic mass is 9.97. The molecule has 1 aliphatic rings. The smallest absolute Gasteiger partial charge is 0.228 e. The number of imidazole rings is 1. The number of para-hydroxylation sites is 2. The van der Waals surface area contributed by atoms with Crippen LogP contribution >= 0.6 is 15.9 Å². The number of piperidine rings is 1. The molecule has 1 aliphatic heterocycles. The second kappa shape index (κ2) is 12.1. The molecule has 2 heterocycles. The maximum atomic E-state index is 13.2. The zero-order chi connectivity index (χ0) is 27.3. The van der Waals surface area contributed by atoms with Gasteiger partial charge in [-0.05, 0) is 85.6 Å². The Kier molecular flexibility index (Phi) is 7.93. The van der Waals surface area contributed by atoms with Crippen molar-refractivity contribution in [3.05, 3.63) is 119 Å². The number of amides is 1. The Hall–Kier alpha value is -3.94. The topological polar surface area (TPSA) is 59.4 Å². The fourth-order valence-electron chi connectivity index (χ4n) is 5.29. The normalized spacial score (nSPS) is 15.7. The number of rotatable bonds is 8. The molecule has 0 unspecified atom stereocenters. The summed E-state index contributed by atoms with van der Waals surface area (Å²) in [4.78, 5) is 20.6. The number of nitrogens with zero attached hydrogens (tertiary/aromatic N) is 3. The van der Waals surface area contributed by atoms with Gasteiger partial charge in [0.1, 0.15) is 18.2 Å². The van der Waals surface area contributed by atoms with Crippen LogP contribution in [-0.2, 0) is 17.9 Å². The van der Waals surface area contributed by atoms with Crippen LogP contribution in [-0.4, -0.2) is 33.4 Å². The molecule has 1 saturated heterocycles. The molecular formula is C33H31BrN4O2. The third kappa shape index (κ3) is 6.11. The van der Waals surface area contributed by atoms with Gasteiger partial charge in [-0.1, -0.05) is 58.4 Å². The van der Waals surface area contributed by atoms with Crippen LogP contribution in [0.1, 0.15) is 24.2 Å². The number of hydrogen-bond acceptors (Lipinski definition) is 4. The summed E-state index contributed by atoms with van der Waals surface area (Å²) >= 11 is 3.54. The monoisotopic (exact) mass is 594 g/mol. The van der Waals surface area contributed by atoms with E-state index in [1.54, 1.807) is 0 Å². The maximum absolute atomic E-state index is 13.2. The van der Waals surface area contributed by atoms with Crippen molar-refractivity contribution in [3.63, 3.8) is 0 Å². The van der Waals surface area contributed by atoms with Crippen LogP contribution in [0.4, 0.5) is 5.69 Å². The van der Waals surface area contributed by atoms with E-state index in [1.165, 1.54) is 0 Å². The molecule has 1 aromatic heterocycles. The average Bonchev–Trinajstić information content (AvgIpc) is 3.35. The van der Waals surface area contributed by atoms with Crippen LogP contribution in [0.2, 0.25) is 0 Å². The van der Waals surface area contributed by atoms with Crippen molar-refractivity contribution in [2.75, 3.05) is 18.4 Å². The van der Waals surface area contributed by atoms with Gasteiger partial charge < -0.3 is 10.1 Å². The molecule has 202 valence electrons. The predicted molar refractivity (Wildman–Crippen MR) is 163 cm³/mol. The highest BCUT2D eigenvalue weighted by Crippen LogP contribution is 2.26. The van der Waals surface area contributed by atoms with Crippen molar-refractivity contribution in [2.45, 2.75) is 26.0 Å². The number of carbonyl (C=O) groups excluding carboxylic acids is 1. The number of benzene rings is 4. The first kappa shape index (κ1) is 26.3. The Bertz CT molecular complexity index is 1580. The van der Waals surface area contributed by atoms with Crippen molar-refractivity contribution in [2.24, 2.45) is 5.92 Å². The number of halogens is 1. The standard InChI is InChI=1S/C33H31BrN4O2/c34-26-12-16-28(17-13-26)38-31-11-5-4-10-30(31)36-32(38)22-37-20-6-9-25(21-37)33(39)35-27-14-18-29(19-15-27)40-23-24-7-2-1-3-8-24/h1-5,7-8,10-19,25H,6,9,20-23H2,(H,35,39)/t25-/m0/s1. The molecule has 7 heteroatoms. The molecule has 1 amide bonds. The van der Waals surface area contributed by atoms with Crippen molar-refractivity contribution < 1.29 is 9.53 Å². The third-order valence-electron chi connectivity index (χ3n) is 7.33. The van der Waals surface area contributed by atoms with Gasteiger partial charge in [-0.15, -0.1) is 0 Å².